The molecule has 2 saturated heterocycles. The number of ether oxygens (including phenoxy) is 1. The van der Waals surface area contributed by atoms with Gasteiger partial charge in [-0.25, -0.2) is 0 Å². The second kappa shape index (κ2) is 8.69. The van der Waals surface area contributed by atoms with Crippen LogP contribution >= 0.6 is 0 Å². The molecule has 1 N–H and O–H groups in total. The summed E-state index contributed by atoms with van der Waals surface area (Å²) in [6.07, 6.45) is 1.73. The number of piperazine rings is 1. The van der Waals surface area contributed by atoms with Gasteiger partial charge < -0.3 is 19.9 Å². The summed E-state index contributed by atoms with van der Waals surface area (Å²) in [5, 5.41) is 2.82. The molecule has 3 aliphatic rings. The maximum Gasteiger partial charge on any atom is 0.237 e. The van der Waals surface area contributed by atoms with Crippen molar-refractivity contribution in [3.8, 4) is 5.75 Å². The van der Waals surface area contributed by atoms with Crippen LogP contribution in [0, 0.1) is 17.3 Å². The predicted molar refractivity (Wildman–Crippen MR) is 121 cm³/mol. The van der Waals surface area contributed by atoms with E-state index in [4.69, 9.17) is 4.74 Å². The maximum absolute atomic E-state index is 13.3. The van der Waals surface area contributed by atoms with Crippen molar-refractivity contribution in [2.24, 2.45) is 17.3 Å². The van der Waals surface area contributed by atoms with Crippen LogP contribution in [0.2, 0.25) is 0 Å². The van der Waals surface area contributed by atoms with Crippen molar-refractivity contribution in [2.45, 2.75) is 32.7 Å². The van der Waals surface area contributed by atoms with Gasteiger partial charge in [0.1, 0.15) is 5.75 Å². The number of hydrogen-bond acceptors (Lipinski definition) is 5. The highest BCUT2D eigenvalue weighted by Gasteiger charge is 2.64. The number of hydrogen-bond donors (Lipinski definition) is 1. The van der Waals surface area contributed by atoms with Crippen molar-refractivity contribution in [3.05, 3.63) is 24.3 Å². The Labute approximate surface area is 185 Å². The Balaban J connectivity index is 1.35. The average Bonchev–Trinajstić information content (AvgIpc) is 3.36. The van der Waals surface area contributed by atoms with E-state index in [0.717, 1.165) is 63.5 Å². The number of likely N-dealkylation sites (tertiary alicyclic amines) is 1. The van der Waals surface area contributed by atoms with Crippen LogP contribution in [0.15, 0.2) is 24.3 Å². The molecular formula is C24H36N4O3. The molecular weight excluding hydrogens is 392 g/mol. The summed E-state index contributed by atoms with van der Waals surface area (Å²) in [7, 11) is 3.39. The first-order chi connectivity index (χ1) is 14.9. The normalized spacial score (nSPS) is 28.3. The van der Waals surface area contributed by atoms with E-state index in [1.807, 2.05) is 23.1 Å². The van der Waals surface area contributed by atoms with Crippen molar-refractivity contribution in [2.75, 3.05) is 58.3 Å². The zero-order valence-corrected chi connectivity index (χ0v) is 19.3. The number of methoxy groups -OCH3 is 1. The van der Waals surface area contributed by atoms with E-state index in [1.165, 1.54) is 0 Å². The third kappa shape index (κ3) is 4.38. The van der Waals surface area contributed by atoms with Crippen LogP contribution in [-0.2, 0) is 9.59 Å². The number of likely N-dealkylation sites (N-methyl/N-ethyl adjacent to an activating group) is 1. The second-order valence-electron chi connectivity index (χ2n) is 9.79. The van der Waals surface area contributed by atoms with Crippen LogP contribution < -0.4 is 15.0 Å². The van der Waals surface area contributed by atoms with Gasteiger partial charge in [0, 0.05) is 64.0 Å². The van der Waals surface area contributed by atoms with Crippen LogP contribution in [0.25, 0.3) is 0 Å². The van der Waals surface area contributed by atoms with Crippen LogP contribution in [0.5, 0.6) is 5.75 Å². The molecule has 170 valence electrons. The highest BCUT2D eigenvalue weighted by Crippen LogP contribution is 2.60. The molecule has 7 heteroatoms. The van der Waals surface area contributed by atoms with Gasteiger partial charge in [-0.3, -0.25) is 14.5 Å². The van der Waals surface area contributed by atoms with Crippen LogP contribution in [-0.4, -0.2) is 81.1 Å². The van der Waals surface area contributed by atoms with Crippen molar-refractivity contribution in [3.63, 3.8) is 0 Å². The van der Waals surface area contributed by atoms with Crippen LogP contribution in [0.3, 0.4) is 0 Å². The summed E-state index contributed by atoms with van der Waals surface area (Å²) in [4.78, 5) is 32.4. The molecule has 7 nitrogen and oxygen atoms in total. The van der Waals surface area contributed by atoms with Crippen LogP contribution in [0.1, 0.15) is 26.7 Å². The molecule has 31 heavy (non-hydrogen) atoms. The lowest BCUT2D eigenvalue weighted by molar-refractivity contribution is -0.133. The SMILES string of the molecule is CNC(=O)[C@@H]1C[C@@]2(C[C@@H]2C(=O)N2CCN(c3cccc(OC)c3)CC2)CN1CC(C)C. The molecule has 1 aromatic carbocycles. The molecule has 1 aliphatic carbocycles. The molecule has 0 bridgehead atoms. The van der Waals surface area contributed by atoms with Gasteiger partial charge in [-0.2, -0.15) is 0 Å². The fourth-order valence-electron chi connectivity index (χ4n) is 5.49. The minimum atomic E-state index is -0.102. The van der Waals surface area contributed by atoms with Crippen molar-refractivity contribution >= 4 is 17.5 Å². The molecule has 2 heterocycles. The minimum Gasteiger partial charge on any atom is -0.497 e. The Morgan fingerprint density at radius 2 is 1.94 bits per heavy atom. The van der Waals surface area contributed by atoms with Gasteiger partial charge in [0.05, 0.1) is 13.2 Å². The van der Waals surface area contributed by atoms with Gasteiger partial charge in [0.25, 0.3) is 0 Å². The molecule has 1 saturated carbocycles. The first-order valence-corrected chi connectivity index (χ1v) is 11.5. The van der Waals surface area contributed by atoms with Crippen molar-refractivity contribution in [1.29, 1.82) is 0 Å². The lowest BCUT2D eigenvalue weighted by Gasteiger charge is -2.36. The molecule has 1 spiro atoms. The number of nitrogens with one attached hydrogen (secondary N) is 1. The number of rotatable bonds is 6. The van der Waals surface area contributed by atoms with Gasteiger partial charge >= 0.3 is 0 Å². The van der Waals surface area contributed by atoms with Gasteiger partial charge in [-0.05, 0) is 36.3 Å². The molecule has 0 radical (unpaired) electrons. The quantitative estimate of drug-likeness (QED) is 0.749. The molecule has 0 aromatic heterocycles. The number of nitrogens with zero attached hydrogens (tertiary/aromatic N) is 3. The van der Waals surface area contributed by atoms with E-state index in [1.54, 1.807) is 14.2 Å². The van der Waals surface area contributed by atoms with E-state index in [-0.39, 0.29) is 29.2 Å². The highest BCUT2D eigenvalue weighted by atomic mass is 16.5. The summed E-state index contributed by atoms with van der Waals surface area (Å²) >= 11 is 0. The fourth-order valence-corrected chi connectivity index (χ4v) is 5.49. The lowest BCUT2D eigenvalue weighted by Crippen LogP contribution is -2.49. The first kappa shape index (κ1) is 21.9. The Bertz CT molecular complexity index is 821. The summed E-state index contributed by atoms with van der Waals surface area (Å²) in [6.45, 7) is 9.29. The predicted octanol–water partition coefficient (Wildman–Crippen LogP) is 1.83. The van der Waals surface area contributed by atoms with Gasteiger partial charge in [-0.15, -0.1) is 0 Å². The first-order valence-electron chi connectivity index (χ1n) is 11.5. The summed E-state index contributed by atoms with van der Waals surface area (Å²) in [5.41, 5.74) is 1.13. The fraction of sp³-hybridized carbons (Fsp3) is 0.667. The smallest absolute Gasteiger partial charge is 0.237 e. The summed E-state index contributed by atoms with van der Waals surface area (Å²) in [6, 6.07) is 8.00. The number of carbonyl (C=O) groups is 2. The number of carbonyl (C=O) groups excluding carboxylic acids is 2. The number of benzene rings is 1. The zero-order chi connectivity index (χ0) is 22.2. The van der Waals surface area contributed by atoms with E-state index < -0.39 is 0 Å². The van der Waals surface area contributed by atoms with Crippen molar-refractivity contribution < 1.29 is 14.3 Å². The Morgan fingerprint density at radius 1 is 1.19 bits per heavy atom. The highest BCUT2D eigenvalue weighted by molar-refractivity contribution is 5.85. The molecule has 2 aliphatic heterocycles. The number of anilines is 1. The number of amides is 2. The maximum atomic E-state index is 13.3. The van der Waals surface area contributed by atoms with Gasteiger partial charge in [-0.1, -0.05) is 19.9 Å². The molecule has 2 amide bonds. The monoisotopic (exact) mass is 428 g/mol. The van der Waals surface area contributed by atoms with E-state index in [9.17, 15) is 9.59 Å². The van der Waals surface area contributed by atoms with E-state index in [2.05, 4.69) is 35.0 Å². The van der Waals surface area contributed by atoms with Gasteiger partial charge in [0.15, 0.2) is 0 Å². The topological polar surface area (TPSA) is 65.1 Å². The minimum absolute atomic E-state index is 0.00686. The zero-order valence-electron chi connectivity index (χ0n) is 19.3. The average molecular weight is 429 g/mol. The molecule has 4 rings (SSSR count). The molecule has 3 fully saturated rings. The lowest BCUT2D eigenvalue weighted by atomic mass is 9.98. The standard InChI is InChI=1S/C24H36N4O3/c1-17(2)15-28-16-24(14-21(28)22(29)25-3)13-20(24)23(30)27-10-8-26(9-11-27)18-6-5-7-19(12-18)31-4/h5-7,12,17,20-21H,8-11,13-16H2,1-4H3,(H,25,29)/t20-,21+,24+/m1/s1. The Kier molecular flexibility index (Phi) is 6.15. The van der Waals surface area contributed by atoms with Crippen molar-refractivity contribution in [1.82, 2.24) is 15.1 Å². The summed E-state index contributed by atoms with van der Waals surface area (Å²) < 4.78 is 5.34. The van der Waals surface area contributed by atoms with E-state index in [0.29, 0.717) is 5.92 Å². The third-order valence-corrected chi connectivity index (χ3v) is 7.20. The van der Waals surface area contributed by atoms with E-state index >= 15 is 0 Å². The third-order valence-electron chi connectivity index (χ3n) is 7.20. The Hall–Kier alpha value is -2.28. The largest absolute Gasteiger partial charge is 0.497 e. The molecule has 0 unspecified atom stereocenters. The summed E-state index contributed by atoms with van der Waals surface area (Å²) in [5.74, 6) is 1.80. The Morgan fingerprint density at radius 3 is 2.58 bits per heavy atom. The molecule has 1 aromatic rings. The second-order valence-corrected chi connectivity index (χ2v) is 9.79. The molecule has 3 atom stereocenters. The van der Waals surface area contributed by atoms with Gasteiger partial charge in [0.2, 0.25) is 11.8 Å². The van der Waals surface area contributed by atoms with Crippen LogP contribution in [0.4, 0.5) is 5.69 Å².